The molecule has 0 aromatic carbocycles. The smallest absolute Gasteiger partial charge is 0.103 e. The molecule has 0 radical (unpaired) electrons. The van der Waals surface area contributed by atoms with Gasteiger partial charge in [0, 0.05) is 23.8 Å². The standard InChI is InChI=1S/C14H23NOS/c1-11(5-7-13-4-3-9-16-13)15-12-6-8-14(10-12)17-2/h3-4,9,11-12,14-15H,5-8,10H2,1-2H3. The molecule has 1 aromatic heterocycles. The summed E-state index contributed by atoms with van der Waals surface area (Å²) in [5.74, 6) is 1.10. The van der Waals surface area contributed by atoms with Crippen molar-refractivity contribution in [2.24, 2.45) is 0 Å². The van der Waals surface area contributed by atoms with E-state index in [-0.39, 0.29) is 0 Å². The zero-order valence-electron chi connectivity index (χ0n) is 10.8. The van der Waals surface area contributed by atoms with Gasteiger partial charge in [0.25, 0.3) is 0 Å². The summed E-state index contributed by atoms with van der Waals surface area (Å²) in [5, 5.41) is 4.63. The van der Waals surface area contributed by atoms with Crippen molar-refractivity contribution in [2.45, 2.75) is 56.4 Å². The Morgan fingerprint density at radius 3 is 3.06 bits per heavy atom. The van der Waals surface area contributed by atoms with Crippen LogP contribution >= 0.6 is 11.8 Å². The van der Waals surface area contributed by atoms with Gasteiger partial charge in [-0.25, -0.2) is 0 Å². The summed E-state index contributed by atoms with van der Waals surface area (Å²) < 4.78 is 5.36. The quantitative estimate of drug-likeness (QED) is 0.840. The van der Waals surface area contributed by atoms with E-state index in [1.165, 1.54) is 19.3 Å². The lowest BCUT2D eigenvalue weighted by atomic mass is 10.1. The van der Waals surface area contributed by atoms with Crippen LogP contribution in [-0.2, 0) is 6.42 Å². The van der Waals surface area contributed by atoms with Crippen molar-refractivity contribution in [1.82, 2.24) is 5.32 Å². The molecule has 1 aliphatic carbocycles. The Morgan fingerprint density at radius 2 is 2.41 bits per heavy atom. The number of hydrogen-bond donors (Lipinski definition) is 1. The van der Waals surface area contributed by atoms with Gasteiger partial charge >= 0.3 is 0 Å². The molecule has 0 saturated heterocycles. The fraction of sp³-hybridized carbons (Fsp3) is 0.714. The number of hydrogen-bond acceptors (Lipinski definition) is 3. The molecule has 1 saturated carbocycles. The fourth-order valence-electron chi connectivity index (χ4n) is 2.60. The van der Waals surface area contributed by atoms with E-state index in [0.29, 0.717) is 6.04 Å². The number of thioether (sulfide) groups is 1. The summed E-state index contributed by atoms with van der Waals surface area (Å²) in [6, 6.07) is 5.35. The molecule has 1 N–H and O–H groups in total. The van der Waals surface area contributed by atoms with Crippen molar-refractivity contribution in [3.05, 3.63) is 24.2 Å². The van der Waals surface area contributed by atoms with Gasteiger partial charge in [0.1, 0.15) is 5.76 Å². The fourth-order valence-corrected chi connectivity index (χ4v) is 3.40. The van der Waals surface area contributed by atoms with E-state index in [2.05, 4.69) is 24.6 Å². The highest BCUT2D eigenvalue weighted by Crippen LogP contribution is 2.28. The highest BCUT2D eigenvalue weighted by atomic mass is 32.2. The Kier molecular flexibility index (Phi) is 4.99. The first-order valence-corrected chi connectivity index (χ1v) is 7.88. The van der Waals surface area contributed by atoms with Crippen molar-refractivity contribution in [3.8, 4) is 0 Å². The molecular formula is C14H23NOS. The number of furan rings is 1. The largest absolute Gasteiger partial charge is 0.469 e. The molecule has 0 bridgehead atoms. The van der Waals surface area contributed by atoms with Crippen molar-refractivity contribution in [3.63, 3.8) is 0 Å². The number of nitrogens with one attached hydrogen (secondary N) is 1. The molecule has 0 amide bonds. The molecule has 0 spiro atoms. The molecule has 96 valence electrons. The third-order valence-corrected chi connectivity index (χ3v) is 4.74. The van der Waals surface area contributed by atoms with E-state index in [1.807, 2.05) is 17.8 Å². The molecule has 1 heterocycles. The van der Waals surface area contributed by atoms with Crippen molar-refractivity contribution in [2.75, 3.05) is 6.26 Å². The van der Waals surface area contributed by atoms with Crippen LogP contribution in [0.3, 0.4) is 0 Å². The monoisotopic (exact) mass is 253 g/mol. The van der Waals surface area contributed by atoms with Gasteiger partial charge in [-0.05, 0) is 51.0 Å². The Balaban J connectivity index is 1.65. The van der Waals surface area contributed by atoms with Crippen LogP contribution in [0.5, 0.6) is 0 Å². The Morgan fingerprint density at radius 1 is 1.53 bits per heavy atom. The second kappa shape index (κ2) is 6.50. The average molecular weight is 253 g/mol. The second-order valence-electron chi connectivity index (χ2n) is 5.05. The maximum absolute atomic E-state index is 5.36. The SMILES string of the molecule is CSC1CCC(NC(C)CCc2ccco2)C1. The van der Waals surface area contributed by atoms with Crippen molar-refractivity contribution >= 4 is 11.8 Å². The third-order valence-electron chi connectivity index (χ3n) is 3.64. The minimum Gasteiger partial charge on any atom is -0.469 e. The average Bonchev–Trinajstić information content (AvgIpc) is 2.97. The van der Waals surface area contributed by atoms with Crippen LogP contribution in [-0.4, -0.2) is 23.6 Å². The van der Waals surface area contributed by atoms with Crippen LogP contribution in [0.2, 0.25) is 0 Å². The maximum Gasteiger partial charge on any atom is 0.103 e. The molecule has 1 aliphatic rings. The van der Waals surface area contributed by atoms with E-state index >= 15 is 0 Å². The summed E-state index contributed by atoms with van der Waals surface area (Å²) in [6.07, 6.45) is 10.3. The highest BCUT2D eigenvalue weighted by molar-refractivity contribution is 7.99. The first-order valence-electron chi connectivity index (χ1n) is 6.59. The topological polar surface area (TPSA) is 25.2 Å². The molecule has 1 aromatic rings. The highest BCUT2D eigenvalue weighted by Gasteiger charge is 2.24. The zero-order chi connectivity index (χ0) is 12.1. The predicted molar refractivity (Wildman–Crippen MR) is 74.6 cm³/mol. The van der Waals surface area contributed by atoms with Gasteiger partial charge in [-0.2, -0.15) is 11.8 Å². The molecule has 3 unspecified atom stereocenters. The Hall–Kier alpha value is -0.410. The van der Waals surface area contributed by atoms with Crippen LogP contribution in [0.1, 0.15) is 38.4 Å². The summed E-state index contributed by atoms with van der Waals surface area (Å²) in [5.41, 5.74) is 0. The van der Waals surface area contributed by atoms with Crippen molar-refractivity contribution < 1.29 is 4.42 Å². The molecule has 1 fully saturated rings. The first-order chi connectivity index (χ1) is 8.28. The van der Waals surface area contributed by atoms with Gasteiger partial charge in [0.15, 0.2) is 0 Å². The summed E-state index contributed by atoms with van der Waals surface area (Å²) in [6.45, 7) is 2.29. The lowest BCUT2D eigenvalue weighted by Crippen LogP contribution is -2.35. The first kappa shape index (κ1) is 13.0. The van der Waals surface area contributed by atoms with Crippen molar-refractivity contribution in [1.29, 1.82) is 0 Å². The number of aryl methyl sites for hydroxylation is 1. The molecule has 2 nitrogen and oxygen atoms in total. The van der Waals surface area contributed by atoms with Gasteiger partial charge in [0.05, 0.1) is 6.26 Å². The Labute approximate surface area is 109 Å². The third kappa shape index (κ3) is 4.07. The molecular weight excluding hydrogens is 230 g/mol. The van der Waals surface area contributed by atoms with E-state index < -0.39 is 0 Å². The second-order valence-corrected chi connectivity index (χ2v) is 6.19. The van der Waals surface area contributed by atoms with Gasteiger partial charge < -0.3 is 9.73 Å². The van der Waals surface area contributed by atoms with Crippen LogP contribution in [0.15, 0.2) is 22.8 Å². The molecule has 0 aliphatic heterocycles. The van der Waals surface area contributed by atoms with Crippen LogP contribution in [0.25, 0.3) is 0 Å². The van der Waals surface area contributed by atoms with Gasteiger partial charge in [-0.15, -0.1) is 0 Å². The summed E-state index contributed by atoms with van der Waals surface area (Å²) >= 11 is 2.02. The normalized spacial score (nSPS) is 26.2. The predicted octanol–water partition coefficient (Wildman–Crippen LogP) is 3.47. The van der Waals surface area contributed by atoms with Crippen LogP contribution in [0, 0.1) is 0 Å². The van der Waals surface area contributed by atoms with Gasteiger partial charge in [0.2, 0.25) is 0 Å². The number of rotatable bonds is 6. The minimum atomic E-state index is 0.589. The maximum atomic E-state index is 5.36. The lowest BCUT2D eigenvalue weighted by molar-refractivity contribution is 0.414. The van der Waals surface area contributed by atoms with Crippen LogP contribution in [0.4, 0.5) is 0 Å². The molecule has 17 heavy (non-hydrogen) atoms. The summed E-state index contributed by atoms with van der Waals surface area (Å²) in [4.78, 5) is 0. The molecule has 3 heteroatoms. The Bertz CT molecular complexity index is 312. The summed E-state index contributed by atoms with van der Waals surface area (Å²) in [7, 11) is 0. The molecule has 2 rings (SSSR count). The zero-order valence-corrected chi connectivity index (χ0v) is 11.6. The van der Waals surface area contributed by atoms with E-state index in [9.17, 15) is 0 Å². The van der Waals surface area contributed by atoms with Gasteiger partial charge in [-0.1, -0.05) is 0 Å². The van der Waals surface area contributed by atoms with E-state index in [1.54, 1.807) is 6.26 Å². The van der Waals surface area contributed by atoms with E-state index in [4.69, 9.17) is 4.42 Å². The van der Waals surface area contributed by atoms with Crippen LogP contribution < -0.4 is 5.32 Å². The lowest BCUT2D eigenvalue weighted by Gasteiger charge is -2.19. The van der Waals surface area contributed by atoms with Gasteiger partial charge in [-0.3, -0.25) is 0 Å². The minimum absolute atomic E-state index is 0.589. The van der Waals surface area contributed by atoms with E-state index in [0.717, 1.165) is 29.9 Å². The molecule has 3 atom stereocenters.